The minimum atomic E-state index is -0.676. The summed E-state index contributed by atoms with van der Waals surface area (Å²) in [6, 6.07) is 1.71. The van der Waals surface area contributed by atoms with Crippen LogP contribution in [0.25, 0.3) is 6.08 Å². The van der Waals surface area contributed by atoms with Gasteiger partial charge < -0.3 is 20.1 Å². The van der Waals surface area contributed by atoms with Gasteiger partial charge in [0.15, 0.2) is 5.69 Å². The van der Waals surface area contributed by atoms with Crippen LogP contribution in [0.1, 0.15) is 81.8 Å². The van der Waals surface area contributed by atoms with Crippen LogP contribution in [-0.2, 0) is 17.9 Å². The summed E-state index contributed by atoms with van der Waals surface area (Å²) in [5, 5.41) is 15.0. The lowest BCUT2D eigenvalue weighted by Gasteiger charge is -2.29. The molecule has 2 heterocycles. The largest absolute Gasteiger partial charge is 0.357 e. The van der Waals surface area contributed by atoms with Gasteiger partial charge in [0.25, 0.3) is 5.91 Å². The summed E-state index contributed by atoms with van der Waals surface area (Å²) in [6.45, 7) is 10.2. The number of rotatable bonds is 9. The number of hydrogen-bond donors (Lipinski definition) is 2. The lowest BCUT2D eigenvalue weighted by Crippen LogP contribution is -2.53. The minimum Gasteiger partial charge on any atom is -0.357 e. The second-order valence-corrected chi connectivity index (χ2v) is 10.0. The van der Waals surface area contributed by atoms with Crippen LogP contribution in [0.5, 0.6) is 0 Å². The van der Waals surface area contributed by atoms with Crippen LogP contribution in [0.15, 0.2) is 6.08 Å². The molecule has 2 N–H and O–H groups in total. The maximum atomic E-state index is 13.3. The van der Waals surface area contributed by atoms with E-state index >= 15 is 0 Å². The number of imidazole rings is 1. The summed E-state index contributed by atoms with van der Waals surface area (Å²) in [6.07, 6.45) is 8.57. The summed E-state index contributed by atoms with van der Waals surface area (Å²) in [5.74, 6) is 0.154. The van der Waals surface area contributed by atoms with Crippen molar-refractivity contribution in [3.63, 3.8) is 0 Å². The molecule has 0 bridgehead atoms. The van der Waals surface area contributed by atoms with Crippen molar-refractivity contribution >= 4 is 17.9 Å². The number of carbonyl (C=O) groups is 2. The van der Waals surface area contributed by atoms with E-state index < -0.39 is 11.5 Å². The van der Waals surface area contributed by atoms with E-state index in [0.29, 0.717) is 18.7 Å². The third kappa shape index (κ3) is 7.16. The van der Waals surface area contributed by atoms with Gasteiger partial charge in [0, 0.05) is 26.1 Å². The Balaban J connectivity index is 2.34. The highest BCUT2D eigenvalue weighted by Crippen LogP contribution is 2.23. The van der Waals surface area contributed by atoms with Crippen LogP contribution < -0.4 is 10.6 Å². The minimum absolute atomic E-state index is 0.00577. The quantitative estimate of drug-likeness (QED) is 0.593. The van der Waals surface area contributed by atoms with Crippen molar-refractivity contribution in [1.29, 1.82) is 5.26 Å². The molecule has 0 aromatic carbocycles. The van der Waals surface area contributed by atoms with Crippen molar-refractivity contribution in [1.82, 2.24) is 25.1 Å². The molecule has 2 atom stereocenters. The molecule has 1 aliphatic heterocycles. The first-order valence-corrected chi connectivity index (χ1v) is 12.0. The van der Waals surface area contributed by atoms with Crippen LogP contribution in [0.4, 0.5) is 0 Å². The highest BCUT2D eigenvalue weighted by molar-refractivity contribution is 5.97. The molecule has 0 fully saturated rings. The van der Waals surface area contributed by atoms with Gasteiger partial charge in [0.1, 0.15) is 11.9 Å². The van der Waals surface area contributed by atoms with Gasteiger partial charge in [-0.3, -0.25) is 9.59 Å². The number of hydrogen-bond acceptors (Lipinski definition) is 5. The summed E-state index contributed by atoms with van der Waals surface area (Å²) < 4.78 is 2.11. The number of nitriles is 1. The molecule has 2 amide bonds. The Labute approximate surface area is 198 Å². The summed E-state index contributed by atoms with van der Waals surface area (Å²) in [7, 11) is 3.61. The van der Waals surface area contributed by atoms with Gasteiger partial charge in [0.05, 0.1) is 11.8 Å². The van der Waals surface area contributed by atoms with Gasteiger partial charge in [-0.25, -0.2) is 4.98 Å². The first kappa shape index (κ1) is 26.6. The summed E-state index contributed by atoms with van der Waals surface area (Å²) in [4.78, 5) is 32.6. The van der Waals surface area contributed by atoms with E-state index in [-0.39, 0.29) is 17.7 Å². The van der Waals surface area contributed by atoms with E-state index in [0.717, 1.165) is 50.3 Å². The number of unbranched alkanes of at least 4 members (excludes halogenated alkanes) is 1. The molecule has 182 valence electrons. The monoisotopic (exact) mass is 456 g/mol. The molecule has 1 aromatic rings. The smallest absolute Gasteiger partial charge is 0.272 e. The highest BCUT2D eigenvalue weighted by Gasteiger charge is 2.34. The Morgan fingerprint density at radius 2 is 2.03 bits per heavy atom. The average Bonchev–Trinajstić information content (AvgIpc) is 2.97. The number of likely N-dealkylation sites (N-methyl/N-ethyl adjacent to an activating group) is 1. The van der Waals surface area contributed by atoms with Crippen LogP contribution >= 0.6 is 0 Å². The number of fused-ring (bicyclic) bond motifs is 1. The van der Waals surface area contributed by atoms with E-state index in [2.05, 4.69) is 33.1 Å². The van der Waals surface area contributed by atoms with Gasteiger partial charge >= 0.3 is 0 Å². The molecule has 33 heavy (non-hydrogen) atoms. The number of carbonyl (C=O) groups excluding carboxylic acids is 2. The molecule has 0 radical (unpaired) electrons. The van der Waals surface area contributed by atoms with Crippen molar-refractivity contribution in [3.8, 4) is 6.07 Å². The van der Waals surface area contributed by atoms with Gasteiger partial charge in [-0.15, -0.1) is 0 Å². The third-order valence-electron chi connectivity index (χ3n) is 6.08. The van der Waals surface area contributed by atoms with Gasteiger partial charge in [-0.2, -0.15) is 5.26 Å². The standard InChI is InChI=1S/C25H40N6O2/c1-7-8-11-18(16-26)12-9-13-20-28-21(19-17-30(6)14-10-15-31(19)20)23(32)29-22(24(33)27-5)25(2,3)4/h9,13,18,22H,7-8,10-12,14-15,17H2,1-6H3,(H,27,33)(H,29,32)/t18?,22-/m1/s1. The summed E-state index contributed by atoms with van der Waals surface area (Å²) >= 11 is 0. The first-order valence-electron chi connectivity index (χ1n) is 12.0. The van der Waals surface area contributed by atoms with Crippen molar-refractivity contribution in [2.45, 2.75) is 78.9 Å². The normalized spacial score (nSPS) is 16.5. The van der Waals surface area contributed by atoms with E-state index in [1.165, 1.54) is 0 Å². The van der Waals surface area contributed by atoms with Crippen LogP contribution in [0, 0.1) is 22.7 Å². The topological polar surface area (TPSA) is 103 Å². The van der Waals surface area contributed by atoms with E-state index in [1.54, 1.807) is 7.05 Å². The fourth-order valence-electron chi connectivity index (χ4n) is 4.10. The molecule has 0 aliphatic carbocycles. The molecule has 2 rings (SSSR count). The summed E-state index contributed by atoms with van der Waals surface area (Å²) in [5.41, 5.74) is 0.778. The number of aromatic nitrogens is 2. The molecule has 8 nitrogen and oxygen atoms in total. The predicted octanol–water partition coefficient (Wildman–Crippen LogP) is 3.34. The average molecular weight is 457 g/mol. The lowest BCUT2D eigenvalue weighted by atomic mass is 9.86. The molecule has 0 spiro atoms. The second kappa shape index (κ2) is 12.0. The molecule has 1 aliphatic rings. The Morgan fingerprint density at radius 1 is 1.30 bits per heavy atom. The van der Waals surface area contributed by atoms with Crippen molar-refractivity contribution < 1.29 is 9.59 Å². The zero-order valence-corrected chi connectivity index (χ0v) is 21.1. The van der Waals surface area contributed by atoms with Crippen molar-refractivity contribution in [3.05, 3.63) is 23.3 Å². The molecule has 0 saturated carbocycles. The number of nitrogens with zero attached hydrogens (tertiary/aromatic N) is 4. The van der Waals surface area contributed by atoms with Gasteiger partial charge in [0.2, 0.25) is 5.91 Å². The van der Waals surface area contributed by atoms with Crippen molar-refractivity contribution in [2.75, 3.05) is 20.6 Å². The SMILES string of the molecule is CCCCC(C#N)CC=Cc1nc(C(=O)N[C@H](C(=O)NC)C(C)(C)C)c2n1CCCN(C)C2. The zero-order chi connectivity index (χ0) is 24.6. The Bertz CT molecular complexity index is 890. The van der Waals surface area contributed by atoms with Crippen LogP contribution in [-0.4, -0.2) is 52.9 Å². The third-order valence-corrected chi connectivity index (χ3v) is 6.08. The molecular weight excluding hydrogens is 416 g/mol. The number of allylic oxidation sites excluding steroid dienone is 1. The fraction of sp³-hybridized carbons (Fsp3) is 0.680. The van der Waals surface area contributed by atoms with Gasteiger partial charge in [-0.05, 0) is 44.3 Å². The maximum absolute atomic E-state index is 13.3. The zero-order valence-electron chi connectivity index (χ0n) is 21.1. The van der Waals surface area contributed by atoms with Gasteiger partial charge in [-0.1, -0.05) is 46.6 Å². The predicted molar refractivity (Wildman–Crippen MR) is 130 cm³/mol. The maximum Gasteiger partial charge on any atom is 0.272 e. The lowest BCUT2D eigenvalue weighted by molar-refractivity contribution is -0.124. The second-order valence-electron chi connectivity index (χ2n) is 10.0. The molecule has 0 saturated heterocycles. The van der Waals surface area contributed by atoms with Crippen LogP contribution in [0.3, 0.4) is 0 Å². The molecule has 1 unspecified atom stereocenters. The highest BCUT2D eigenvalue weighted by atomic mass is 16.2. The first-order chi connectivity index (χ1) is 15.6. The Hall–Kier alpha value is -2.66. The van der Waals surface area contributed by atoms with E-state index in [4.69, 9.17) is 4.98 Å². The number of nitrogens with one attached hydrogen (secondary N) is 2. The fourth-order valence-corrected chi connectivity index (χ4v) is 4.10. The molecule has 8 heteroatoms. The molecule has 1 aromatic heterocycles. The van der Waals surface area contributed by atoms with Crippen molar-refractivity contribution in [2.24, 2.45) is 11.3 Å². The molecular formula is C25H40N6O2. The van der Waals surface area contributed by atoms with E-state index in [1.807, 2.05) is 40.0 Å². The Morgan fingerprint density at radius 3 is 2.64 bits per heavy atom. The Kier molecular flexibility index (Phi) is 9.66. The van der Waals surface area contributed by atoms with Crippen LogP contribution in [0.2, 0.25) is 0 Å². The number of amides is 2. The van der Waals surface area contributed by atoms with E-state index in [9.17, 15) is 14.9 Å².